The highest BCUT2D eigenvalue weighted by Gasteiger charge is 2.36. The van der Waals surface area contributed by atoms with Crippen molar-refractivity contribution in [3.63, 3.8) is 0 Å². The lowest BCUT2D eigenvalue weighted by atomic mass is 10.1. The van der Waals surface area contributed by atoms with Gasteiger partial charge in [-0.15, -0.1) is 0 Å². The van der Waals surface area contributed by atoms with Crippen LogP contribution in [-0.2, 0) is 16.1 Å². The highest BCUT2D eigenvalue weighted by atomic mass is 16.4. The molecule has 0 saturated heterocycles. The van der Waals surface area contributed by atoms with Gasteiger partial charge in [0, 0.05) is 12.1 Å². The van der Waals surface area contributed by atoms with Gasteiger partial charge < -0.3 is 20.8 Å². The molecule has 1 aromatic carbocycles. The van der Waals surface area contributed by atoms with Gasteiger partial charge in [-0.3, -0.25) is 14.4 Å². The summed E-state index contributed by atoms with van der Waals surface area (Å²) in [5.74, 6) is -2.54. The summed E-state index contributed by atoms with van der Waals surface area (Å²) in [6.07, 6.45) is -0.541. The van der Waals surface area contributed by atoms with E-state index in [1.54, 1.807) is 0 Å². The Labute approximate surface area is 108 Å². The van der Waals surface area contributed by atoms with Crippen LogP contribution in [0.2, 0.25) is 0 Å². The molecule has 1 heterocycles. The number of amides is 2. The third-order valence-corrected chi connectivity index (χ3v) is 2.99. The molecule has 7 heteroatoms. The molecule has 1 unspecified atom stereocenters. The topological polar surface area (TPSA) is 121 Å². The minimum atomic E-state index is -1.21. The molecule has 0 aromatic heterocycles. The molecule has 0 saturated carbocycles. The average molecular weight is 264 g/mol. The summed E-state index contributed by atoms with van der Waals surface area (Å²) in [4.78, 5) is 35.2. The van der Waals surface area contributed by atoms with Crippen LogP contribution in [0.25, 0.3) is 0 Å². The zero-order valence-electron chi connectivity index (χ0n) is 9.87. The second kappa shape index (κ2) is 4.60. The number of aromatic hydroxyl groups is 1. The zero-order valence-corrected chi connectivity index (χ0v) is 9.87. The van der Waals surface area contributed by atoms with Crippen LogP contribution in [0.3, 0.4) is 0 Å². The fraction of sp³-hybridized carbons (Fsp3) is 0.250. The molecule has 19 heavy (non-hydrogen) atoms. The van der Waals surface area contributed by atoms with Gasteiger partial charge in [0.05, 0.1) is 6.42 Å². The van der Waals surface area contributed by atoms with Gasteiger partial charge in [0.2, 0.25) is 5.91 Å². The number of phenols is 1. The maximum Gasteiger partial charge on any atom is 0.305 e. The number of carbonyl (C=O) groups is 3. The number of carbonyl (C=O) groups excluding carboxylic acids is 2. The van der Waals surface area contributed by atoms with Crippen LogP contribution in [0.15, 0.2) is 18.2 Å². The third kappa shape index (κ3) is 2.35. The van der Waals surface area contributed by atoms with E-state index in [9.17, 15) is 19.5 Å². The third-order valence-electron chi connectivity index (χ3n) is 2.99. The van der Waals surface area contributed by atoms with Gasteiger partial charge in [-0.1, -0.05) is 0 Å². The van der Waals surface area contributed by atoms with Crippen molar-refractivity contribution in [2.75, 3.05) is 0 Å². The van der Waals surface area contributed by atoms with E-state index in [-0.39, 0.29) is 12.3 Å². The first-order valence-corrected chi connectivity index (χ1v) is 5.54. The summed E-state index contributed by atoms with van der Waals surface area (Å²) in [6.45, 7) is 0.0590. The lowest BCUT2D eigenvalue weighted by Crippen LogP contribution is -2.46. The van der Waals surface area contributed by atoms with E-state index in [0.717, 1.165) is 4.90 Å². The van der Waals surface area contributed by atoms with Crippen LogP contribution in [0, 0.1) is 0 Å². The number of fused-ring (bicyclic) bond motifs is 1. The van der Waals surface area contributed by atoms with E-state index in [2.05, 4.69) is 0 Å². The van der Waals surface area contributed by atoms with Crippen molar-refractivity contribution in [2.45, 2.75) is 19.0 Å². The number of hydrogen-bond acceptors (Lipinski definition) is 4. The normalized spacial score (nSPS) is 15.2. The summed E-state index contributed by atoms with van der Waals surface area (Å²) in [5, 5.41) is 18.1. The maximum atomic E-state index is 12.1. The van der Waals surface area contributed by atoms with Crippen LogP contribution >= 0.6 is 0 Å². The number of nitrogens with two attached hydrogens (primary N) is 1. The van der Waals surface area contributed by atoms with E-state index in [0.29, 0.717) is 11.1 Å². The molecule has 1 aliphatic rings. The number of carboxylic acids is 1. The molecule has 7 nitrogen and oxygen atoms in total. The summed E-state index contributed by atoms with van der Waals surface area (Å²) < 4.78 is 0. The molecule has 100 valence electrons. The largest absolute Gasteiger partial charge is 0.508 e. The van der Waals surface area contributed by atoms with Gasteiger partial charge in [0.15, 0.2) is 0 Å². The molecule has 0 aliphatic carbocycles. The lowest BCUT2D eigenvalue weighted by Gasteiger charge is -2.23. The highest BCUT2D eigenvalue weighted by molar-refractivity contribution is 6.01. The Hall–Kier alpha value is -2.57. The number of primary amides is 1. The van der Waals surface area contributed by atoms with Crippen LogP contribution in [-0.4, -0.2) is 38.9 Å². The molecular weight excluding hydrogens is 252 g/mol. The van der Waals surface area contributed by atoms with Crippen LogP contribution < -0.4 is 5.73 Å². The Bertz CT molecular complexity index is 569. The minimum Gasteiger partial charge on any atom is -0.508 e. The molecule has 1 aliphatic heterocycles. The van der Waals surface area contributed by atoms with Crippen molar-refractivity contribution < 1.29 is 24.6 Å². The van der Waals surface area contributed by atoms with Gasteiger partial charge in [0.1, 0.15) is 11.8 Å². The maximum absolute atomic E-state index is 12.1. The summed E-state index contributed by atoms with van der Waals surface area (Å²) in [6, 6.07) is 3.01. The first kappa shape index (κ1) is 12.9. The summed E-state index contributed by atoms with van der Waals surface area (Å²) in [5.41, 5.74) is 6.03. The monoisotopic (exact) mass is 264 g/mol. The average Bonchev–Trinajstić information content (AvgIpc) is 2.62. The Morgan fingerprint density at radius 1 is 1.42 bits per heavy atom. The Kier molecular flexibility index (Phi) is 3.12. The number of benzene rings is 1. The van der Waals surface area contributed by atoms with Gasteiger partial charge in [0.25, 0.3) is 5.91 Å². The van der Waals surface area contributed by atoms with Crippen molar-refractivity contribution in [1.82, 2.24) is 4.90 Å². The minimum absolute atomic E-state index is 0.00209. The quantitative estimate of drug-likeness (QED) is 0.688. The van der Waals surface area contributed by atoms with E-state index in [4.69, 9.17) is 10.8 Å². The second-order valence-electron chi connectivity index (χ2n) is 4.29. The SMILES string of the molecule is NC(=O)C(CC(=O)O)N1Cc2cc(O)ccc2C1=O. The van der Waals surface area contributed by atoms with Crippen molar-refractivity contribution in [2.24, 2.45) is 5.73 Å². The molecule has 0 spiro atoms. The number of rotatable bonds is 4. The molecule has 0 fully saturated rings. The van der Waals surface area contributed by atoms with Crippen LogP contribution in [0.1, 0.15) is 22.3 Å². The molecule has 2 amide bonds. The van der Waals surface area contributed by atoms with E-state index in [1.807, 2.05) is 0 Å². The molecule has 1 atom stereocenters. The first-order valence-electron chi connectivity index (χ1n) is 5.54. The van der Waals surface area contributed by atoms with E-state index < -0.39 is 30.2 Å². The predicted molar refractivity (Wildman–Crippen MR) is 63.2 cm³/mol. The molecular formula is C12H12N2O5. The second-order valence-corrected chi connectivity index (χ2v) is 4.29. The van der Waals surface area contributed by atoms with Crippen molar-refractivity contribution in [3.05, 3.63) is 29.3 Å². The number of aliphatic carboxylic acids is 1. The first-order chi connectivity index (χ1) is 8.90. The number of phenolic OH excluding ortho intramolecular Hbond substituents is 1. The van der Waals surface area contributed by atoms with Crippen molar-refractivity contribution in [1.29, 1.82) is 0 Å². The Balaban J connectivity index is 2.31. The number of carboxylic acid groups (broad SMARTS) is 1. The van der Waals surface area contributed by atoms with Crippen LogP contribution in [0.5, 0.6) is 5.75 Å². The number of hydrogen-bond donors (Lipinski definition) is 3. The molecule has 2 rings (SSSR count). The number of nitrogens with zero attached hydrogens (tertiary/aromatic N) is 1. The smallest absolute Gasteiger partial charge is 0.305 e. The standard InChI is InChI=1S/C12H12N2O5/c13-11(18)9(4-10(16)17)14-5-6-3-7(15)1-2-8(6)12(14)19/h1-3,9,15H,4-5H2,(H2,13,18)(H,16,17). The Morgan fingerprint density at radius 3 is 2.68 bits per heavy atom. The van der Waals surface area contributed by atoms with Crippen molar-refractivity contribution in [3.8, 4) is 5.75 Å². The molecule has 0 bridgehead atoms. The van der Waals surface area contributed by atoms with E-state index in [1.165, 1.54) is 18.2 Å². The predicted octanol–water partition coefficient (Wildman–Crippen LogP) is -0.323. The molecule has 4 N–H and O–H groups in total. The van der Waals surface area contributed by atoms with Crippen molar-refractivity contribution >= 4 is 17.8 Å². The van der Waals surface area contributed by atoms with Gasteiger partial charge >= 0.3 is 5.97 Å². The molecule has 0 radical (unpaired) electrons. The van der Waals surface area contributed by atoms with Gasteiger partial charge in [-0.05, 0) is 23.8 Å². The van der Waals surface area contributed by atoms with E-state index >= 15 is 0 Å². The van der Waals surface area contributed by atoms with Gasteiger partial charge in [-0.2, -0.15) is 0 Å². The lowest BCUT2D eigenvalue weighted by molar-refractivity contribution is -0.140. The zero-order chi connectivity index (χ0) is 14.2. The molecule has 1 aromatic rings. The van der Waals surface area contributed by atoms with Gasteiger partial charge in [-0.25, -0.2) is 0 Å². The summed E-state index contributed by atoms with van der Waals surface area (Å²) in [7, 11) is 0. The highest BCUT2D eigenvalue weighted by Crippen LogP contribution is 2.28. The Morgan fingerprint density at radius 2 is 2.11 bits per heavy atom. The van der Waals surface area contributed by atoms with Crippen LogP contribution in [0.4, 0.5) is 0 Å². The fourth-order valence-electron chi connectivity index (χ4n) is 2.11. The summed E-state index contributed by atoms with van der Waals surface area (Å²) >= 11 is 0. The fourth-order valence-corrected chi connectivity index (χ4v) is 2.11.